The summed E-state index contributed by atoms with van der Waals surface area (Å²) in [5, 5.41) is 8.88. The van der Waals surface area contributed by atoms with Crippen LogP contribution < -0.4 is 0 Å². The molecule has 1 unspecified atom stereocenters. The van der Waals surface area contributed by atoms with Crippen LogP contribution in [0.3, 0.4) is 0 Å². The molecular formula is C20H19BrN2O. The van der Waals surface area contributed by atoms with Gasteiger partial charge in [0.15, 0.2) is 0 Å². The highest BCUT2D eigenvalue weighted by Gasteiger charge is 2.18. The number of nitrogens with zero attached hydrogens (tertiary/aromatic N) is 2. The predicted molar refractivity (Wildman–Crippen MR) is 100 cm³/mol. The molecule has 2 rings (SSSR count). The van der Waals surface area contributed by atoms with Gasteiger partial charge in [0.2, 0.25) is 5.91 Å². The van der Waals surface area contributed by atoms with E-state index in [-0.39, 0.29) is 11.9 Å². The summed E-state index contributed by atoms with van der Waals surface area (Å²) in [6.45, 7) is 4.57. The van der Waals surface area contributed by atoms with Crippen LogP contribution in [0.1, 0.15) is 36.6 Å². The van der Waals surface area contributed by atoms with Gasteiger partial charge in [-0.15, -0.1) is 0 Å². The zero-order valence-electron chi connectivity index (χ0n) is 13.7. The van der Waals surface area contributed by atoms with Crippen molar-refractivity contribution in [1.82, 2.24) is 4.90 Å². The Morgan fingerprint density at radius 3 is 2.50 bits per heavy atom. The molecule has 2 aromatic rings. The standard InChI is InChI=1S/C20H19BrN2O/c1-3-23(15(2)17-10-8-16(14-22)9-11-17)20(24)13-12-18-6-4-5-7-19(18)21/h4-13,15H,3H2,1-2H3/b13-12+. The topological polar surface area (TPSA) is 44.1 Å². The molecule has 0 heterocycles. The fraction of sp³-hybridized carbons (Fsp3) is 0.200. The summed E-state index contributed by atoms with van der Waals surface area (Å²) in [7, 11) is 0. The van der Waals surface area contributed by atoms with Crippen LogP contribution in [0.15, 0.2) is 59.1 Å². The summed E-state index contributed by atoms with van der Waals surface area (Å²) in [5.41, 5.74) is 2.60. The van der Waals surface area contributed by atoms with Crippen molar-refractivity contribution in [1.29, 1.82) is 5.26 Å². The summed E-state index contributed by atoms with van der Waals surface area (Å²) >= 11 is 3.48. The largest absolute Gasteiger partial charge is 0.333 e. The Morgan fingerprint density at radius 1 is 1.25 bits per heavy atom. The van der Waals surface area contributed by atoms with E-state index in [0.717, 1.165) is 15.6 Å². The number of carbonyl (C=O) groups excluding carboxylic acids is 1. The average Bonchev–Trinajstić information content (AvgIpc) is 2.61. The Kier molecular flexibility index (Phi) is 6.34. The molecule has 0 aliphatic heterocycles. The van der Waals surface area contributed by atoms with Gasteiger partial charge in [-0.05, 0) is 49.2 Å². The van der Waals surface area contributed by atoms with Gasteiger partial charge in [0, 0.05) is 17.1 Å². The number of hydrogen-bond donors (Lipinski definition) is 0. The van der Waals surface area contributed by atoms with Gasteiger partial charge in [-0.2, -0.15) is 5.26 Å². The molecule has 0 radical (unpaired) electrons. The summed E-state index contributed by atoms with van der Waals surface area (Å²) in [6, 6.07) is 17.2. The molecule has 122 valence electrons. The highest BCUT2D eigenvalue weighted by Crippen LogP contribution is 2.22. The van der Waals surface area contributed by atoms with E-state index in [2.05, 4.69) is 22.0 Å². The lowest BCUT2D eigenvalue weighted by Crippen LogP contribution is -2.32. The molecule has 0 aliphatic rings. The Labute approximate surface area is 151 Å². The molecule has 1 atom stereocenters. The normalized spacial score (nSPS) is 11.9. The molecule has 0 N–H and O–H groups in total. The van der Waals surface area contributed by atoms with E-state index in [1.807, 2.05) is 56.3 Å². The third kappa shape index (κ3) is 4.33. The van der Waals surface area contributed by atoms with Gasteiger partial charge in [-0.25, -0.2) is 0 Å². The molecule has 0 fully saturated rings. The summed E-state index contributed by atoms with van der Waals surface area (Å²) in [4.78, 5) is 14.4. The van der Waals surface area contributed by atoms with Crippen molar-refractivity contribution in [3.05, 3.63) is 75.8 Å². The van der Waals surface area contributed by atoms with Crippen molar-refractivity contribution in [2.45, 2.75) is 19.9 Å². The maximum absolute atomic E-state index is 12.6. The first-order chi connectivity index (χ1) is 11.6. The van der Waals surface area contributed by atoms with E-state index >= 15 is 0 Å². The third-order valence-corrected chi connectivity index (χ3v) is 4.65. The first kappa shape index (κ1) is 18.0. The number of hydrogen-bond acceptors (Lipinski definition) is 2. The van der Waals surface area contributed by atoms with Crippen molar-refractivity contribution in [2.24, 2.45) is 0 Å². The molecular weight excluding hydrogens is 364 g/mol. The van der Waals surface area contributed by atoms with Crippen molar-refractivity contribution >= 4 is 27.9 Å². The van der Waals surface area contributed by atoms with Crippen molar-refractivity contribution in [3.63, 3.8) is 0 Å². The molecule has 4 heteroatoms. The summed E-state index contributed by atoms with van der Waals surface area (Å²) in [5.74, 6) is -0.0369. The van der Waals surface area contributed by atoms with Crippen LogP contribution in [0.5, 0.6) is 0 Å². The zero-order chi connectivity index (χ0) is 17.5. The fourth-order valence-electron chi connectivity index (χ4n) is 2.50. The minimum Gasteiger partial charge on any atom is -0.333 e. The highest BCUT2D eigenvalue weighted by molar-refractivity contribution is 9.10. The smallest absolute Gasteiger partial charge is 0.247 e. The quantitative estimate of drug-likeness (QED) is 0.687. The number of carbonyl (C=O) groups is 1. The van der Waals surface area contributed by atoms with Gasteiger partial charge in [0.1, 0.15) is 0 Å². The first-order valence-electron chi connectivity index (χ1n) is 7.80. The van der Waals surface area contributed by atoms with Crippen LogP contribution in [0.4, 0.5) is 0 Å². The van der Waals surface area contributed by atoms with Gasteiger partial charge in [0.05, 0.1) is 17.7 Å². The van der Waals surface area contributed by atoms with E-state index in [0.29, 0.717) is 12.1 Å². The van der Waals surface area contributed by atoms with E-state index in [4.69, 9.17) is 5.26 Å². The van der Waals surface area contributed by atoms with Crippen LogP contribution in [0, 0.1) is 11.3 Å². The molecule has 0 bridgehead atoms. The number of amides is 1. The number of halogens is 1. The number of benzene rings is 2. The molecule has 0 spiro atoms. The molecule has 1 amide bonds. The Morgan fingerprint density at radius 2 is 1.92 bits per heavy atom. The SMILES string of the molecule is CCN(C(=O)/C=C/c1ccccc1Br)C(C)c1ccc(C#N)cc1. The van der Waals surface area contributed by atoms with Gasteiger partial charge < -0.3 is 4.90 Å². The van der Waals surface area contributed by atoms with Crippen LogP contribution in [0.2, 0.25) is 0 Å². The second kappa shape index (κ2) is 8.47. The van der Waals surface area contributed by atoms with Gasteiger partial charge in [-0.1, -0.05) is 46.3 Å². The van der Waals surface area contributed by atoms with Gasteiger partial charge in [-0.3, -0.25) is 4.79 Å². The number of likely N-dealkylation sites (N-methyl/N-ethyl adjacent to an activating group) is 1. The lowest BCUT2D eigenvalue weighted by molar-refractivity contribution is -0.127. The van der Waals surface area contributed by atoms with Crippen LogP contribution in [-0.2, 0) is 4.79 Å². The van der Waals surface area contributed by atoms with E-state index in [1.165, 1.54) is 0 Å². The van der Waals surface area contributed by atoms with Crippen molar-refractivity contribution in [2.75, 3.05) is 6.54 Å². The van der Waals surface area contributed by atoms with Crippen LogP contribution in [-0.4, -0.2) is 17.4 Å². The van der Waals surface area contributed by atoms with Gasteiger partial charge in [0.25, 0.3) is 0 Å². The first-order valence-corrected chi connectivity index (χ1v) is 8.59. The minimum absolute atomic E-state index is 0.0369. The van der Waals surface area contributed by atoms with E-state index in [9.17, 15) is 4.79 Å². The minimum atomic E-state index is -0.0564. The van der Waals surface area contributed by atoms with Gasteiger partial charge >= 0.3 is 0 Å². The third-order valence-electron chi connectivity index (χ3n) is 3.92. The Balaban J connectivity index is 2.15. The monoisotopic (exact) mass is 382 g/mol. The van der Waals surface area contributed by atoms with Crippen LogP contribution >= 0.6 is 15.9 Å². The molecule has 0 saturated heterocycles. The zero-order valence-corrected chi connectivity index (χ0v) is 15.3. The molecule has 0 aliphatic carbocycles. The highest BCUT2D eigenvalue weighted by atomic mass is 79.9. The maximum atomic E-state index is 12.6. The average molecular weight is 383 g/mol. The number of rotatable bonds is 5. The maximum Gasteiger partial charge on any atom is 0.247 e. The van der Waals surface area contributed by atoms with E-state index < -0.39 is 0 Å². The second-order valence-electron chi connectivity index (χ2n) is 5.39. The lowest BCUT2D eigenvalue weighted by atomic mass is 10.0. The van der Waals surface area contributed by atoms with Crippen molar-refractivity contribution < 1.29 is 4.79 Å². The Bertz CT molecular complexity index is 775. The molecule has 0 aromatic heterocycles. The van der Waals surface area contributed by atoms with Crippen LogP contribution in [0.25, 0.3) is 6.08 Å². The van der Waals surface area contributed by atoms with E-state index in [1.54, 1.807) is 23.1 Å². The lowest BCUT2D eigenvalue weighted by Gasteiger charge is -2.27. The predicted octanol–water partition coefficient (Wildman–Crippen LogP) is 4.94. The molecule has 0 saturated carbocycles. The van der Waals surface area contributed by atoms with Crippen molar-refractivity contribution in [3.8, 4) is 6.07 Å². The number of nitriles is 1. The fourth-order valence-corrected chi connectivity index (χ4v) is 2.92. The Hall–Kier alpha value is -2.38. The summed E-state index contributed by atoms with van der Waals surface area (Å²) in [6.07, 6.45) is 3.42. The molecule has 24 heavy (non-hydrogen) atoms. The molecule has 3 nitrogen and oxygen atoms in total. The molecule has 2 aromatic carbocycles. The summed E-state index contributed by atoms with van der Waals surface area (Å²) < 4.78 is 0.956. The second-order valence-corrected chi connectivity index (χ2v) is 6.24.